The summed E-state index contributed by atoms with van der Waals surface area (Å²) in [7, 11) is 0. The van der Waals surface area contributed by atoms with Crippen molar-refractivity contribution >= 4 is 11.7 Å². The number of rotatable bonds is 5. The first-order valence-electron chi connectivity index (χ1n) is 8.51. The Hall–Kier alpha value is -2.16. The number of carbonyl (C=O) groups is 1. The zero-order chi connectivity index (χ0) is 16.1. The van der Waals surface area contributed by atoms with Gasteiger partial charge in [-0.2, -0.15) is 0 Å². The van der Waals surface area contributed by atoms with Gasteiger partial charge in [-0.3, -0.25) is 4.79 Å². The van der Waals surface area contributed by atoms with Crippen LogP contribution in [-0.4, -0.2) is 10.9 Å². The van der Waals surface area contributed by atoms with Crippen molar-refractivity contribution in [3.05, 3.63) is 59.8 Å². The van der Waals surface area contributed by atoms with E-state index in [1.807, 2.05) is 18.2 Å². The van der Waals surface area contributed by atoms with Crippen LogP contribution in [0.3, 0.4) is 0 Å². The zero-order valence-electron chi connectivity index (χ0n) is 13.7. The molecule has 1 aromatic heterocycles. The van der Waals surface area contributed by atoms with Gasteiger partial charge >= 0.3 is 0 Å². The minimum Gasteiger partial charge on any atom is -0.310 e. The highest BCUT2D eigenvalue weighted by Gasteiger charge is 2.26. The van der Waals surface area contributed by atoms with E-state index in [0.29, 0.717) is 11.7 Å². The number of hydrogen-bond donors (Lipinski definition) is 1. The highest BCUT2D eigenvalue weighted by molar-refractivity contribution is 5.95. The first-order valence-corrected chi connectivity index (χ1v) is 8.51. The number of nitrogens with one attached hydrogen (secondary N) is 1. The molecular weight excluding hydrogens is 284 g/mol. The Morgan fingerprint density at radius 1 is 1.17 bits per heavy atom. The summed E-state index contributed by atoms with van der Waals surface area (Å²) in [6.45, 7) is 2.07. The van der Waals surface area contributed by atoms with Crippen LogP contribution in [0.5, 0.6) is 0 Å². The van der Waals surface area contributed by atoms with Crippen molar-refractivity contribution in [1.29, 1.82) is 0 Å². The lowest BCUT2D eigenvalue weighted by molar-refractivity contribution is -0.118. The maximum absolute atomic E-state index is 12.8. The molecule has 1 atom stereocenters. The largest absolute Gasteiger partial charge is 0.310 e. The molecule has 1 aliphatic rings. The van der Waals surface area contributed by atoms with Crippen molar-refractivity contribution in [1.82, 2.24) is 4.98 Å². The maximum atomic E-state index is 12.8. The molecule has 3 nitrogen and oxygen atoms in total. The molecule has 1 saturated carbocycles. The molecule has 0 saturated heterocycles. The van der Waals surface area contributed by atoms with Crippen LogP contribution in [0.2, 0.25) is 0 Å². The predicted octanol–water partition coefficient (Wildman–Crippen LogP) is 4.69. The standard InChI is InChI=1S/C20H24N2O/c1-15-9-11-17(12-10-15)18(14-16-6-2-3-7-16)20(23)22-19-8-4-5-13-21-19/h4-5,8-13,16,18H,2-3,6-7,14H2,1H3,(H,21,22,23). The van der Waals surface area contributed by atoms with E-state index < -0.39 is 0 Å². The second-order valence-corrected chi connectivity index (χ2v) is 6.55. The lowest BCUT2D eigenvalue weighted by atomic mass is 9.87. The number of aryl methyl sites for hydroxylation is 1. The van der Waals surface area contributed by atoms with E-state index in [2.05, 4.69) is 41.5 Å². The fourth-order valence-electron chi connectivity index (χ4n) is 3.42. The van der Waals surface area contributed by atoms with Crippen LogP contribution >= 0.6 is 0 Å². The molecule has 120 valence electrons. The average Bonchev–Trinajstić information content (AvgIpc) is 3.08. The highest BCUT2D eigenvalue weighted by atomic mass is 16.1. The monoisotopic (exact) mass is 308 g/mol. The summed E-state index contributed by atoms with van der Waals surface area (Å²) in [4.78, 5) is 17.0. The molecule has 1 N–H and O–H groups in total. The van der Waals surface area contributed by atoms with Gasteiger partial charge in [-0.25, -0.2) is 4.98 Å². The fraction of sp³-hybridized carbons (Fsp3) is 0.400. The second-order valence-electron chi connectivity index (χ2n) is 6.55. The number of carbonyl (C=O) groups excluding carboxylic acids is 1. The Balaban J connectivity index is 1.78. The number of pyridine rings is 1. The molecule has 0 bridgehead atoms. The minimum atomic E-state index is -0.0966. The molecule has 1 aromatic carbocycles. The van der Waals surface area contributed by atoms with Crippen molar-refractivity contribution in [2.24, 2.45) is 5.92 Å². The Morgan fingerprint density at radius 3 is 2.57 bits per heavy atom. The van der Waals surface area contributed by atoms with Gasteiger partial charge in [0.1, 0.15) is 5.82 Å². The van der Waals surface area contributed by atoms with Crippen molar-refractivity contribution in [3.63, 3.8) is 0 Å². The zero-order valence-corrected chi connectivity index (χ0v) is 13.7. The third kappa shape index (κ3) is 4.19. The van der Waals surface area contributed by atoms with Crippen LogP contribution in [-0.2, 0) is 4.79 Å². The molecule has 3 rings (SSSR count). The fourth-order valence-corrected chi connectivity index (χ4v) is 3.42. The van der Waals surface area contributed by atoms with Crippen LogP contribution in [0.25, 0.3) is 0 Å². The van der Waals surface area contributed by atoms with Crippen molar-refractivity contribution in [2.75, 3.05) is 5.32 Å². The van der Waals surface area contributed by atoms with Gasteiger partial charge in [0.25, 0.3) is 0 Å². The molecule has 0 aliphatic heterocycles. The summed E-state index contributed by atoms with van der Waals surface area (Å²) in [6, 6.07) is 13.9. The molecule has 1 amide bonds. The molecule has 0 spiro atoms. The SMILES string of the molecule is Cc1ccc(C(CC2CCCC2)C(=O)Nc2ccccn2)cc1. The van der Waals surface area contributed by atoms with Gasteiger partial charge in [0.2, 0.25) is 5.91 Å². The average molecular weight is 308 g/mol. The van der Waals surface area contributed by atoms with E-state index in [1.165, 1.54) is 31.2 Å². The van der Waals surface area contributed by atoms with Crippen LogP contribution in [0.15, 0.2) is 48.7 Å². The molecule has 23 heavy (non-hydrogen) atoms. The quantitative estimate of drug-likeness (QED) is 0.870. The summed E-state index contributed by atoms with van der Waals surface area (Å²) in [5.74, 6) is 1.25. The Bertz CT molecular complexity index is 630. The molecular formula is C20H24N2O. The number of aromatic nitrogens is 1. The number of anilines is 1. The topological polar surface area (TPSA) is 42.0 Å². The van der Waals surface area contributed by atoms with Gasteiger partial charge < -0.3 is 5.32 Å². The molecule has 2 aromatic rings. The van der Waals surface area contributed by atoms with Crippen LogP contribution < -0.4 is 5.32 Å². The summed E-state index contributed by atoms with van der Waals surface area (Å²) in [6.07, 6.45) is 7.73. The summed E-state index contributed by atoms with van der Waals surface area (Å²) in [5, 5.41) is 2.98. The van der Waals surface area contributed by atoms with Gasteiger partial charge in [0.05, 0.1) is 5.92 Å². The Labute approximate surface area is 138 Å². The van der Waals surface area contributed by atoms with Gasteiger partial charge in [0.15, 0.2) is 0 Å². The summed E-state index contributed by atoms with van der Waals surface area (Å²) in [5.41, 5.74) is 2.33. The second kappa shape index (κ2) is 7.40. The van der Waals surface area contributed by atoms with Gasteiger partial charge in [-0.1, -0.05) is 61.6 Å². The van der Waals surface area contributed by atoms with Crippen molar-refractivity contribution in [3.8, 4) is 0 Å². The van der Waals surface area contributed by atoms with Crippen molar-refractivity contribution < 1.29 is 4.79 Å². The van der Waals surface area contributed by atoms with Crippen LogP contribution in [0.1, 0.15) is 49.1 Å². The van der Waals surface area contributed by atoms with E-state index >= 15 is 0 Å². The van der Waals surface area contributed by atoms with Crippen LogP contribution in [0.4, 0.5) is 5.82 Å². The molecule has 1 heterocycles. The minimum absolute atomic E-state index is 0.0550. The summed E-state index contributed by atoms with van der Waals surface area (Å²) < 4.78 is 0. The third-order valence-corrected chi connectivity index (χ3v) is 4.76. The van der Waals surface area contributed by atoms with Gasteiger partial charge in [0, 0.05) is 6.20 Å². The Kier molecular flexibility index (Phi) is 5.06. The first kappa shape index (κ1) is 15.7. The van der Waals surface area contributed by atoms with E-state index in [1.54, 1.807) is 6.20 Å². The highest BCUT2D eigenvalue weighted by Crippen LogP contribution is 2.34. The molecule has 3 heteroatoms. The lowest BCUT2D eigenvalue weighted by Gasteiger charge is -2.20. The van der Waals surface area contributed by atoms with Crippen LogP contribution in [0, 0.1) is 12.8 Å². The van der Waals surface area contributed by atoms with E-state index in [0.717, 1.165) is 12.0 Å². The number of hydrogen-bond acceptors (Lipinski definition) is 2. The van der Waals surface area contributed by atoms with E-state index in [9.17, 15) is 4.79 Å². The maximum Gasteiger partial charge on any atom is 0.233 e. The predicted molar refractivity (Wildman–Crippen MR) is 93.4 cm³/mol. The van der Waals surface area contributed by atoms with E-state index in [-0.39, 0.29) is 11.8 Å². The number of benzene rings is 1. The Morgan fingerprint density at radius 2 is 1.91 bits per heavy atom. The van der Waals surface area contributed by atoms with E-state index in [4.69, 9.17) is 0 Å². The smallest absolute Gasteiger partial charge is 0.233 e. The normalized spacial score (nSPS) is 16.2. The number of nitrogens with zero attached hydrogens (tertiary/aromatic N) is 1. The summed E-state index contributed by atoms with van der Waals surface area (Å²) >= 11 is 0. The third-order valence-electron chi connectivity index (χ3n) is 4.76. The molecule has 1 aliphatic carbocycles. The first-order chi connectivity index (χ1) is 11.2. The van der Waals surface area contributed by atoms with Gasteiger partial charge in [-0.15, -0.1) is 0 Å². The molecule has 0 radical (unpaired) electrons. The van der Waals surface area contributed by atoms with Crippen molar-refractivity contribution in [2.45, 2.75) is 44.9 Å². The van der Waals surface area contributed by atoms with Gasteiger partial charge in [-0.05, 0) is 37.0 Å². The molecule has 1 unspecified atom stereocenters. The molecule has 1 fully saturated rings. The number of amides is 1. The lowest BCUT2D eigenvalue weighted by Crippen LogP contribution is -2.23.